The monoisotopic (exact) mass is 330 g/mol. The molecule has 0 fully saturated rings. The van der Waals surface area contributed by atoms with Crippen molar-refractivity contribution in [1.29, 1.82) is 0 Å². The predicted molar refractivity (Wildman–Crippen MR) is 88.1 cm³/mol. The van der Waals surface area contributed by atoms with Gasteiger partial charge in [0.15, 0.2) is 5.01 Å². The van der Waals surface area contributed by atoms with E-state index in [9.17, 15) is 0 Å². The third-order valence-electron chi connectivity index (χ3n) is 3.21. The van der Waals surface area contributed by atoms with Crippen molar-refractivity contribution in [3.8, 4) is 21.4 Å². The van der Waals surface area contributed by atoms with Crippen LogP contribution in [0.2, 0.25) is 0 Å². The van der Waals surface area contributed by atoms with Gasteiger partial charge in [0.1, 0.15) is 5.69 Å². The third kappa shape index (κ3) is 2.34. The first-order valence-electron chi connectivity index (χ1n) is 7.01. The number of hydrogen-bond acceptors (Lipinski definition) is 6. The van der Waals surface area contributed by atoms with Gasteiger partial charge >= 0.3 is 0 Å². The fourth-order valence-corrected chi connectivity index (χ4v) is 3.93. The highest BCUT2D eigenvalue weighted by molar-refractivity contribution is 7.23. The molecule has 0 atom stereocenters. The fourth-order valence-electron chi connectivity index (χ4n) is 2.30. The molecule has 8 heteroatoms. The Morgan fingerprint density at radius 1 is 1.32 bits per heavy atom. The van der Waals surface area contributed by atoms with Gasteiger partial charge in [0.25, 0.3) is 0 Å². The molecule has 112 valence electrons. The van der Waals surface area contributed by atoms with Crippen molar-refractivity contribution in [1.82, 2.24) is 30.0 Å². The maximum absolute atomic E-state index is 4.63. The second kappa shape index (κ2) is 5.29. The lowest BCUT2D eigenvalue weighted by atomic mass is 10.1. The van der Waals surface area contributed by atoms with E-state index in [2.05, 4.69) is 45.4 Å². The largest absolute Gasteiger partial charge is 0.282 e. The summed E-state index contributed by atoms with van der Waals surface area (Å²) < 4.78 is 1.77. The second-order valence-corrected chi connectivity index (χ2v) is 7.38. The standard InChI is InChI=1S/C14H14N6S2/c1-8(2)6-9-7-10(16-15-9)12-17-18-14-20(12)19-13(22-14)11-4-3-5-21-11/h3-5,7-8H,6H2,1-2H3,(H,15,16). The maximum Gasteiger partial charge on any atom is 0.235 e. The Hall–Kier alpha value is -2.06. The van der Waals surface area contributed by atoms with Gasteiger partial charge in [0.2, 0.25) is 10.8 Å². The second-order valence-electron chi connectivity index (χ2n) is 5.48. The van der Waals surface area contributed by atoms with Gasteiger partial charge in [-0.3, -0.25) is 5.10 Å². The summed E-state index contributed by atoms with van der Waals surface area (Å²) in [7, 11) is 0. The SMILES string of the molecule is CC(C)Cc1cc(-c2nnc3sc(-c4cccs4)nn23)n[nH]1. The average Bonchev–Trinajstić information content (AvgIpc) is 3.21. The molecular weight excluding hydrogens is 316 g/mol. The minimum atomic E-state index is 0.580. The van der Waals surface area contributed by atoms with Gasteiger partial charge < -0.3 is 0 Å². The molecular formula is C14H14N6S2. The van der Waals surface area contributed by atoms with E-state index < -0.39 is 0 Å². The number of nitrogens with one attached hydrogen (secondary N) is 1. The summed E-state index contributed by atoms with van der Waals surface area (Å²) in [5.74, 6) is 1.26. The highest BCUT2D eigenvalue weighted by Crippen LogP contribution is 2.30. The molecule has 22 heavy (non-hydrogen) atoms. The number of rotatable bonds is 4. The van der Waals surface area contributed by atoms with E-state index in [1.165, 1.54) is 11.3 Å². The van der Waals surface area contributed by atoms with Gasteiger partial charge in [-0.05, 0) is 29.9 Å². The molecule has 0 radical (unpaired) electrons. The van der Waals surface area contributed by atoms with Crippen LogP contribution in [-0.2, 0) is 6.42 Å². The number of aromatic amines is 1. The van der Waals surface area contributed by atoms with E-state index in [1.54, 1.807) is 15.9 Å². The predicted octanol–water partition coefficient (Wildman–Crippen LogP) is 3.50. The summed E-state index contributed by atoms with van der Waals surface area (Å²) in [5, 5.41) is 23.5. The lowest BCUT2D eigenvalue weighted by molar-refractivity contribution is 0.633. The Morgan fingerprint density at radius 2 is 2.23 bits per heavy atom. The maximum atomic E-state index is 4.63. The van der Waals surface area contributed by atoms with Gasteiger partial charge in [-0.1, -0.05) is 31.3 Å². The molecule has 4 aromatic rings. The molecule has 0 saturated heterocycles. The number of hydrogen-bond donors (Lipinski definition) is 1. The first-order chi connectivity index (χ1) is 10.7. The molecule has 0 aliphatic rings. The number of aromatic nitrogens is 6. The highest BCUT2D eigenvalue weighted by Gasteiger charge is 2.17. The van der Waals surface area contributed by atoms with Crippen LogP contribution in [0.1, 0.15) is 19.5 Å². The topological polar surface area (TPSA) is 71.8 Å². The van der Waals surface area contributed by atoms with E-state index in [0.717, 1.165) is 32.7 Å². The van der Waals surface area contributed by atoms with Crippen LogP contribution >= 0.6 is 22.7 Å². The zero-order valence-corrected chi connectivity index (χ0v) is 13.8. The van der Waals surface area contributed by atoms with Gasteiger partial charge in [-0.25, -0.2) is 0 Å². The number of thiophene rings is 1. The Morgan fingerprint density at radius 3 is 3.00 bits per heavy atom. The van der Waals surface area contributed by atoms with Crippen molar-refractivity contribution >= 4 is 27.6 Å². The van der Waals surface area contributed by atoms with Crippen molar-refractivity contribution in [3.63, 3.8) is 0 Å². The Labute approximate surface area is 134 Å². The summed E-state index contributed by atoms with van der Waals surface area (Å²) in [6.07, 6.45) is 0.965. The average molecular weight is 330 g/mol. The zero-order chi connectivity index (χ0) is 15.1. The molecule has 0 aliphatic heterocycles. The zero-order valence-electron chi connectivity index (χ0n) is 12.1. The summed E-state index contributed by atoms with van der Waals surface area (Å²) in [6.45, 7) is 4.37. The van der Waals surface area contributed by atoms with Crippen molar-refractivity contribution < 1.29 is 0 Å². The van der Waals surface area contributed by atoms with Crippen LogP contribution in [0, 0.1) is 5.92 Å². The molecule has 6 nitrogen and oxygen atoms in total. The summed E-state index contributed by atoms with van der Waals surface area (Å²) in [6, 6.07) is 6.11. The lowest BCUT2D eigenvalue weighted by Gasteiger charge is -1.98. The van der Waals surface area contributed by atoms with Crippen LogP contribution in [0.15, 0.2) is 23.6 Å². The molecule has 0 bridgehead atoms. The molecule has 0 aromatic carbocycles. The molecule has 4 aromatic heterocycles. The van der Waals surface area contributed by atoms with Gasteiger partial charge in [-0.15, -0.1) is 21.5 Å². The Kier molecular flexibility index (Phi) is 3.27. The molecule has 0 unspecified atom stereocenters. The van der Waals surface area contributed by atoms with Crippen LogP contribution in [0.5, 0.6) is 0 Å². The molecule has 0 saturated carbocycles. The van der Waals surface area contributed by atoms with Gasteiger partial charge in [0.05, 0.1) is 4.88 Å². The quantitative estimate of drug-likeness (QED) is 0.621. The van der Waals surface area contributed by atoms with E-state index in [0.29, 0.717) is 11.7 Å². The minimum absolute atomic E-state index is 0.580. The van der Waals surface area contributed by atoms with Crippen molar-refractivity contribution in [2.45, 2.75) is 20.3 Å². The van der Waals surface area contributed by atoms with Crippen LogP contribution in [0.25, 0.3) is 26.4 Å². The lowest BCUT2D eigenvalue weighted by Crippen LogP contribution is -1.93. The van der Waals surface area contributed by atoms with E-state index in [4.69, 9.17) is 0 Å². The van der Waals surface area contributed by atoms with Gasteiger partial charge in [0, 0.05) is 5.69 Å². The van der Waals surface area contributed by atoms with E-state index in [1.807, 2.05) is 17.5 Å². The third-order valence-corrected chi connectivity index (χ3v) is 5.15. The van der Waals surface area contributed by atoms with Gasteiger partial charge in [-0.2, -0.15) is 14.7 Å². The van der Waals surface area contributed by atoms with Crippen molar-refractivity contribution in [2.75, 3.05) is 0 Å². The number of nitrogens with zero attached hydrogens (tertiary/aromatic N) is 5. The first-order valence-corrected chi connectivity index (χ1v) is 8.71. The molecule has 0 spiro atoms. The molecule has 4 rings (SSSR count). The first kappa shape index (κ1) is 13.6. The number of H-pyrrole nitrogens is 1. The van der Waals surface area contributed by atoms with Crippen LogP contribution < -0.4 is 0 Å². The van der Waals surface area contributed by atoms with Crippen LogP contribution in [-0.4, -0.2) is 30.0 Å². The van der Waals surface area contributed by atoms with Crippen LogP contribution in [0.3, 0.4) is 0 Å². The molecule has 4 heterocycles. The van der Waals surface area contributed by atoms with Crippen molar-refractivity contribution in [3.05, 3.63) is 29.3 Å². The summed E-state index contributed by atoms with van der Waals surface area (Å²) in [5.41, 5.74) is 1.89. The Bertz CT molecular complexity index is 899. The summed E-state index contributed by atoms with van der Waals surface area (Å²) >= 11 is 3.21. The molecule has 1 N–H and O–H groups in total. The highest BCUT2D eigenvalue weighted by atomic mass is 32.1. The minimum Gasteiger partial charge on any atom is -0.282 e. The van der Waals surface area contributed by atoms with Crippen LogP contribution in [0.4, 0.5) is 0 Å². The fraction of sp³-hybridized carbons (Fsp3) is 0.286. The van der Waals surface area contributed by atoms with Crippen molar-refractivity contribution in [2.24, 2.45) is 5.92 Å². The Balaban J connectivity index is 1.74. The smallest absolute Gasteiger partial charge is 0.235 e. The van der Waals surface area contributed by atoms with E-state index in [-0.39, 0.29) is 0 Å². The van der Waals surface area contributed by atoms with E-state index >= 15 is 0 Å². The molecule has 0 aliphatic carbocycles. The number of fused-ring (bicyclic) bond motifs is 1. The molecule has 0 amide bonds. The normalized spacial score (nSPS) is 11.8. The summed E-state index contributed by atoms with van der Waals surface area (Å²) in [4.78, 5) is 1.93.